The molecule has 0 saturated carbocycles. The van der Waals surface area contributed by atoms with Crippen molar-refractivity contribution in [1.82, 2.24) is 0 Å². The van der Waals surface area contributed by atoms with Crippen LogP contribution in [0.5, 0.6) is 0 Å². The summed E-state index contributed by atoms with van der Waals surface area (Å²) >= 11 is 0. The zero-order chi connectivity index (χ0) is 17.6. The number of hydrogen-bond donors (Lipinski definition) is 0. The second kappa shape index (κ2) is 13.6. The monoisotopic (exact) mass is 324 g/mol. The summed E-state index contributed by atoms with van der Waals surface area (Å²) in [5.41, 5.74) is 0.274. The van der Waals surface area contributed by atoms with E-state index in [-0.39, 0.29) is 11.4 Å². The first kappa shape index (κ1) is 22.2. The zero-order valence-electron chi connectivity index (χ0n) is 16.3. The van der Waals surface area contributed by atoms with Crippen molar-refractivity contribution in [2.24, 2.45) is 11.3 Å². The Morgan fingerprint density at radius 2 is 1.61 bits per heavy atom. The summed E-state index contributed by atoms with van der Waals surface area (Å²) in [6.07, 6.45) is 16.2. The third kappa shape index (κ3) is 17.4. The highest BCUT2D eigenvalue weighted by Gasteiger charge is 2.18. The van der Waals surface area contributed by atoms with Crippen LogP contribution in [-0.2, 0) is 9.53 Å². The summed E-state index contributed by atoms with van der Waals surface area (Å²) in [4.78, 5) is 11.7. The lowest BCUT2D eigenvalue weighted by molar-refractivity contribution is -0.143. The molecule has 23 heavy (non-hydrogen) atoms. The number of rotatable bonds is 13. The van der Waals surface area contributed by atoms with E-state index in [1.165, 1.54) is 44.9 Å². The van der Waals surface area contributed by atoms with Crippen LogP contribution in [0, 0.1) is 11.3 Å². The number of allylic oxidation sites excluding steroid dienone is 1. The predicted octanol–water partition coefficient (Wildman–Crippen LogP) is 6.69. The molecule has 0 fully saturated rings. The lowest BCUT2D eigenvalue weighted by atomic mass is 9.84. The molecule has 0 amide bonds. The van der Waals surface area contributed by atoms with Gasteiger partial charge in [0.15, 0.2) is 0 Å². The molecule has 0 aromatic heterocycles. The van der Waals surface area contributed by atoms with E-state index >= 15 is 0 Å². The van der Waals surface area contributed by atoms with Gasteiger partial charge in [-0.05, 0) is 30.6 Å². The van der Waals surface area contributed by atoms with Crippen molar-refractivity contribution in [3.8, 4) is 0 Å². The van der Waals surface area contributed by atoms with Crippen molar-refractivity contribution in [3.05, 3.63) is 12.2 Å². The van der Waals surface area contributed by atoms with E-state index in [1.54, 1.807) is 0 Å². The van der Waals surface area contributed by atoms with Gasteiger partial charge in [0.05, 0.1) is 0 Å². The summed E-state index contributed by atoms with van der Waals surface area (Å²) in [5.74, 6) is 0.321. The van der Waals surface area contributed by atoms with Crippen molar-refractivity contribution in [1.29, 1.82) is 0 Å². The Bertz CT molecular complexity index is 312. The van der Waals surface area contributed by atoms with Gasteiger partial charge in [-0.3, -0.25) is 4.79 Å². The second-order valence-electron chi connectivity index (χ2n) is 8.14. The molecule has 1 atom stereocenters. The van der Waals surface area contributed by atoms with E-state index in [4.69, 9.17) is 4.74 Å². The van der Waals surface area contributed by atoms with Crippen molar-refractivity contribution < 1.29 is 9.53 Å². The number of hydrogen-bond acceptors (Lipinski definition) is 2. The molecule has 0 spiro atoms. The number of ether oxygens (including phenoxy) is 1. The smallest absolute Gasteiger partial charge is 0.306 e. The summed E-state index contributed by atoms with van der Waals surface area (Å²) in [7, 11) is 0. The Hall–Kier alpha value is -0.790. The van der Waals surface area contributed by atoms with Gasteiger partial charge in [-0.2, -0.15) is 0 Å². The van der Waals surface area contributed by atoms with Gasteiger partial charge >= 0.3 is 5.97 Å². The van der Waals surface area contributed by atoms with Crippen LogP contribution < -0.4 is 0 Å². The number of carbonyl (C=O) groups is 1. The third-order valence-corrected chi connectivity index (χ3v) is 3.96. The maximum atomic E-state index is 11.7. The molecular formula is C21H40O2. The molecule has 0 aliphatic carbocycles. The minimum atomic E-state index is -0.0673. The van der Waals surface area contributed by atoms with E-state index in [2.05, 4.69) is 40.7 Å². The summed E-state index contributed by atoms with van der Waals surface area (Å²) in [5, 5.41) is 0. The Balaban J connectivity index is 3.50. The first-order valence-electron chi connectivity index (χ1n) is 9.65. The van der Waals surface area contributed by atoms with Crippen LogP contribution in [0.2, 0.25) is 0 Å². The number of carbonyl (C=O) groups excluding carboxylic acids is 1. The fourth-order valence-electron chi connectivity index (χ4n) is 3.01. The van der Waals surface area contributed by atoms with Crippen molar-refractivity contribution in [2.45, 2.75) is 98.8 Å². The van der Waals surface area contributed by atoms with Gasteiger partial charge < -0.3 is 4.74 Å². The summed E-state index contributed by atoms with van der Waals surface area (Å²) < 4.78 is 5.27. The molecule has 2 heteroatoms. The van der Waals surface area contributed by atoms with Gasteiger partial charge in [-0.15, -0.1) is 0 Å². The molecule has 0 bridgehead atoms. The second-order valence-corrected chi connectivity index (χ2v) is 8.14. The molecule has 0 aromatic rings. The van der Waals surface area contributed by atoms with Gasteiger partial charge in [-0.25, -0.2) is 0 Å². The maximum Gasteiger partial charge on any atom is 0.306 e. The van der Waals surface area contributed by atoms with Crippen LogP contribution in [0.3, 0.4) is 0 Å². The van der Waals surface area contributed by atoms with Crippen LogP contribution in [0.4, 0.5) is 0 Å². The van der Waals surface area contributed by atoms with E-state index in [0.717, 1.165) is 12.8 Å². The Morgan fingerprint density at radius 3 is 2.22 bits per heavy atom. The molecule has 0 aliphatic heterocycles. The molecule has 0 aliphatic rings. The average Bonchev–Trinajstić information content (AvgIpc) is 2.42. The molecule has 1 unspecified atom stereocenters. The summed E-state index contributed by atoms with van der Waals surface area (Å²) in [6.45, 7) is 11.4. The van der Waals surface area contributed by atoms with Crippen LogP contribution >= 0.6 is 0 Å². The van der Waals surface area contributed by atoms with Crippen LogP contribution in [0.15, 0.2) is 12.2 Å². The first-order valence-corrected chi connectivity index (χ1v) is 9.65. The highest BCUT2D eigenvalue weighted by molar-refractivity contribution is 5.69. The van der Waals surface area contributed by atoms with E-state index < -0.39 is 0 Å². The average molecular weight is 325 g/mol. The van der Waals surface area contributed by atoms with Gasteiger partial charge in [0.2, 0.25) is 0 Å². The van der Waals surface area contributed by atoms with Gasteiger partial charge in [-0.1, -0.05) is 85.3 Å². The molecule has 0 rings (SSSR count). The predicted molar refractivity (Wildman–Crippen MR) is 101 cm³/mol. The molecule has 0 heterocycles. The first-order chi connectivity index (χ1) is 10.8. The van der Waals surface area contributed by atoms with Gasteiger partial charge in [0, 0.05) is 6.42 Å². The number of esters is 1. The molecule has 0 saturated heterocycles. The summed E-state index contributed by atoms with van der Waals surface area (Å²) in [6, 6.07) is 0. The van der Waals surface area contributed by atoms with Gasteiger partial charge in [0.25, 0.3) is 0 Å². The van der Waals surface area contributed by atoms with Gasteiger partial charge in [0.1, 0.15) is 6.61 Å². The largest absolute Gasteiger partial charge is 0.461 e. The highest BCUT2D eigenvalue weighted by atomic mass is 16.5. The third-order valence-electron chi connectivity index (χ3n) is 3.96. The van der Waals surface area contributed by atoms with E-state index in [0.29, 0.717) is 18.9 Å². The molecule has 2 nitrogen and oxygen atoms in total. The normalized spacial score (nSPS) is 13.4. The topological polar surface area (TPSA) is 26.3 Å². The fourth-order valence-corrected chi connectivity index (χ4v) is 3.01. The van der Waals surface area contributed by atoms with E-state index in [1.807, 2.05) is 6.08 Å². The fraction of sp³-hybridized carbons (Fsp3) is 0.857. The Morgan fingerprint density at radius 1 is 1.00 bits per heavy atom. The van der Waals surface area contributed by atoms with Crippen molar-refractivity contribution >= 4 is 5.97 Å². The minimum Gasteiger partial charge on any atom is -0.461 e. The highest BCUT2D eigenvalue weighted by Crippen LogP contribution is 2.26. The van der Waals surface area contributed by atoms with E-state index in [9.17, 15) is 4.79 Å². The molecule has 136 valence electrons. The van der Waals surface area contributed by atoms with Crippen molar-refractivity contribution in [2.75, 3.05) is 6.61 Å². The maximum absolute atomic E-state index is 11.7. The minimum absolute atomic E-state index is 0.0673. The lowest BCUT2D eigenvalue weighted by Crippen LogP contribution is -2.15. The molecule has 0 N–H and O–H groups in total. The number of unbranched alkanes of at least 4 members (excludes halogenated alkanes) is 7. The van der Waals surface area contributed by atoms with Crippen molar-refractivity contribution in [3.63, 3.8) is 0 Å². The lowest BCUT2D eigenvalue weighted by Gasteiger charge is -2.22. The van der Waals surface area contributed by atoms with Crippen LogP contribution in [0.25, 0.3) is 0 Å². The standard InChI is InChI=1S/C21H40O2/c1-6-7-8-9-10-11-12-13-14-15-16-23-20(22)17-19(2)18-21(3,4)5/h14-15,19H,6-13,16-18H2,1-5H3/b15-14+. The molecule has 0 aromatic carbocycles. The van der Waals surface area contributed by atoms with Crippen LogP contribution in [0.1, 0.15) is 98.8 Å². The Kier molecular flexibility index (Phi) is 13.2. The Labute approximate surface area is 145 Å². The molecular weight excluding hydrogens is 284 g/mol. The molecule has 0 radical (unpaired) electrons. The quantitative estimate of drug-likeness (QED) is 0.214. The zero-order valence-corrected chi connectivity index (χ0v) is 16.3. The van der Waals surface area contributed by atoms with Crippen LogP contribution in [-0.4, -0.2) is 12.6 Å². The SMILES string of the molecule is CCCCCCCCC/C=C/COC(=O)CC(C)CC(C)(C)C.